The third-order valence-corrected chi connectivity index (χ3v) is 4.37. The number of benzene rings is 1. The molecular formula is C15H18IN3O. The predicted molar refractivity (Wildman–Crippen MR) is 87.0 cm³/mol. The summed E-state index contributed by atoms with van der Waals surface area (Å²) in [7, 11) is 1.93. The molecule has 0 aliphatic heterocycles. The summed E-state index contributed by atoms with van der Waals surface area (Å²) in [5.41, 5.74) is 2.18. The highest BCUT2D eigenvalue weighted by atomic mass is 127. The molecule has 4 nitrogen and oxygen atoms in total. The number of rotatable bonds is 5. The minimum Gasteiger partial charge on any atom is -0.438 e. The van der Waals surface area contributed by atoms with Crippen LogP contribution in [0, 0.1) is 10.5 Å². The molecule has 1 saturated carbocycles. The zero-order chi connectivity index (χ0) is 14.1. The number of aryl methyl sites for hydroxylation is 2. The molecule has 1 aromatic heterocycles. The Kier molecular flexibility index (Phi) is 3.98. The fraction of sp³-hybridized carbons (Fsp3) is 0.400. The zero-order valence-electron chi connectivity index (χ0n) is 11.7. The van der Waals surface area contributed by atoms with Crippen LogP contribution in [0.1, 0.15) is 24.1 Å². The molecule has 0 saturated heterocycles. The van der Waals surface area contributed by atoms with E-state index in [1.54, 1.807) is 0 Å². The van der Waals surface area contributed by atoms with Gasteiger partial charge in [0.2, 0.25) is 5.88 Å². The number of hydrogen-bond donors (Lipinski definition) is 1. The lowest BCUT2D eigenvalue weighted by Gasteiger charge is -2.10. The SMILES string of the molecule is Cc1nn(C)c(Oc2ccccc2I)c1CNC1CC1. The van der Waals surface area contributed by atoms with Crippen LogP contribution in [-0.4, -0.2) is 15.8 Å². The molecule has 2 aromatic rings. The third kappa shape index (κ3) is 2.98. The monoisotopic (exact) mass is 383 g/mol. The lowest BCUT2D eigenvalue weighted by atomic mass is 10.2. The quantitative estimate of drug-likeness (QED) is 0.805. The summed E-state index contributed by atoms with van der Waals surface area (Å²) in [6.07, 6.45) is 2.57. The van der Waals surface area contributed by atoms with Crippen LogP contribution in [0.3, 0.4) is 0 Å². The number of nitrogens with one attached hydrogen (secondary N) is 1. The first kappa shape index (κ1) is 13.9. The van der Waals surface area contributed by atoms with E-state index in [2.05, 4.69) is 33.0 Å². The molecule has 0 bridgehead atoms. The first-order chi connectivity index (χ1) is 9.65. The van der Waals surface area contributed by atoms with Crippen LogP contribution in [-0.2, 0) is 13.6 Å². The Morgan fingerprint density at radius 2 is 2.15 bits per heavy atom. The van der Waals surface area contributed by atoms with Crippen molar-refractivity contribution in [3.8, 4) is 11.6 Å². The number of halogens is 1. The van der Waals surface area contributed by atoms with Gasteiger partial charge in [0.05, 0.1) is 14.8 Å². The van der Waals surface area contributed by atoms with Crippen molar-refractivity contribution in [2.24, 2.45) is 7.05 Å². The summed E-state index contributed by atoms with van der Waals surface area (Å²) in [5, 5.41) is 8.02. The lowest BCUT2D eigenvalue weighted by Crippen LogP contribution is -2.16. The fourth-order valence-corrected chi connectivity index (χ4v) is 2.68. The van der Waals surface area contributed by atoms with Crippen LogP contribution in [0.25, 0.3) is 0 Å². The molecular weight excluding hydrogens is 365 g/mol. The average molecular weight is 383 g/mol. The van der Waals surface area contributed by atoms with Gasteiger partial charge in [-0.3, -0.25) is 0 Å². The molecule has 1 heterocycles. The molecule has 0 atom stereocenters. The molecule has 20 heavy (non-hydrogen) atoms. The van der Waals surface area contributed by atoms with Crippen LogP contribution < -0.4 is 10.1 Å². The van der Waals surface area contributed by atoms with E-state index in [0.29, 0.717) is 6.04 Å². The number of para-hydroxylation sites is 1. The van der Waals surface area contributed by atoms with Gasteiger partial charge in [-0.1, -0.05) is 12.1 Å². The van der Waals surface area contributed by atoms with Crippen molar-refractivity contribution in [1.29, 1.82) is 0 Å². The zero-order valence-corrected chi connectivity index (χ0v) is 13.8. The number of hydrogen-bond acceptors (Lipinski definition) is 3. The van der Waals surface area contributed by atoms with Crippen molar-refractivity contribution < 1.29 is 4.74 Å². The maximum absolute atomic E-state index is 6.10. The third-order valence-electron chi connectivity index (χ3n) is 3.48. The van der Waals surface area contributed by atoms with Crippen molar-refractivity contribution in [2.75, 3.05) is 0 Å². The van der Waals surface area contributed by atoms with Gasteiger partial charge >= 0.3 is 0 Å². The smallest absolute Gasteiger partial charge is 0.222 e. The highest BCUT2D eigenvalue weighted by Gasteiger charge is 2.23. The average Bonchev–Trinajstić information content (AvgIpc) is 3.19. The molecule has 1 aromatic carbocycles. The summed E-state index contributed by atoms with van der Waals surface area (Å²) in [5.74, 6) is 1.71. The van der Waals surface area contributed by atoms with E-state index in [4.69, 9.17) is 4.74 Å². The summed E-state index contributed by atoms with van der Waals surface area (Å²) in [6.45, 7) is 2.86. The van der Waals surface area contributed by atoms with E-state index >= 15 is 0 Å². The maximum Gasteiger partial charge on any atom is 0.222 e. The van der Waals surface area contributed by atoms with Gasteiger partial charge < -0.3 is 10.1 Å². The van der Waals surface area contributed by atoms with E-state index < -0.39 is 0 Å². The van der Waals surface area contributed by atoms with Gasteiger partial charge in [-0.25, -0.2) is 4.68 Å². The second kappa shape index (κ2) is 5.73. The normalized spacial score (nSPS) is 14.6. The van der Waals surface area contributed by atoms with Crippen LogP contribution in [0.4, 0.5) is 0 Å². The molecule has 0 unspecified atom stereocenters. The molecule has 0 radical (unpaired) electrons. The molecule has 1 aliphatic carbocycles. The van der Waals surface area contributed by atoms with E-state index in [0.717, 1.165) is 33.0 Å². The topological polar surface area (TPSA) is 39.1 Å². The molecule has 1 fully saturated rings. The van der Waals surface area contributed by atoms with Crippen molar-refractivity contribution >= 4 is 22.6 Å². The van der Waals surface area contributed by atoms with Gasteiger partial charge in [0.15, 0.2) is 0 Å². The van der Waals surface area contributed by atoms with Gasteiger partial charge in [0.1, 0.15) is 5.75 Å². The Hall–Kier alpha value is -1.08. The van der Waals surface area contributed by atoms with Gasteiger partial charge in [-0.2, -0.15) is 5.10 Å². The molecule has 0 amide bonds. The summed E-state index contributed by atoms with van der Waals surface area (Å²) < 4.78 is 9.02. The summed E-state index contributed by atoms with van der Waals surface area (Å²) in [6, 6.07) is 8.71. The van der Waals surface area contributed by atoms with Crippen molar-refractivity contribution in [3.05, 3.63) is 39.1 Å². The first-order valence-corrected chi connectivity index (χ1v) is 7.91. The standard InChI is InChI=1S/C15H18IN3O/c1-10-12(9-17-11-7-8-11)15(19(2)18-10)20-14-6-4-3-5-13(14)16/h3-6,11,17H,7-9H2,1-2H3. The second-order valence-corrected chi connectivity index (χ2v) is 6.34. The minimum atomic E-state index is 0.680. The Bertz CT molecular complexity index is 620. The van der Waals surface area contributed by atoms with Gasteiger partial charge in [-0.05, 0) is 54.5 Å². The first-order valence-electron chi connectivity index (χ1n) is 6.83. The molecule has 106 valence electrons. The minimum absolute atomic E-state index is 0.680. The van der Waals surface area contributed by atoms with Crippen LogP contribution in [0.2, 0.25) is 0 Å². The van der Waals surface area contributed by atoms with Crippen molar-refractivity contribution in [3.63, 3.8) is 0 Å². The Balaban J connectivity index is 1.85. The van der Waals surface area contributed by atoms with E-state index in [-0.39, 0.29) is 0 Å². The van der Waals surface area contributed by atoms with Crippen LogP contribution >= 0.6 is 22.6 Å². The van der Waals surface area contributed by atoms with Crippen LogP contribution in [0.5, 0.6) is 11.6 Å². The lowest BCUT2D eigenvalue weighted by molar-refractivity contribution is 0.421. The second-order valence-electron chi connectivity index (χ2n) is 5.18. The Morgan fingerprint density at radius 3 is 2.85 bits per heavy atom. The van der Waals surface area contributed by atoms with E-state index in [1.165, 1.54) is 12.8 Å². The maximum atomic E-state index is 6.10. The van der Waals surface area contributed by atoms with E-state index in [9.17, 15) is 0 Å². The van der Waals surface area contributed by atoms with Crippen molar-refractivity contribution in [2.45, 2.75) is 32.4 Å². The Labute approximate surface area is 132 Å². The molecule has 1 N–H and O–H groups in total. The molecule has 5 heteroatoms. The molecule has 0 spiro atoms. The van der Waals surface area contributed by atoms with E-state index in [1.807, 2.05) is 42.9 Å². The van der Waals surface area contributed by atoms with Gasteiger partial charge in [0, 0.05) is 19.6 Å². The van der Waals surface area contributed by atoms with Gasteiger partial charge in [-0.15, -0.1) is 0 Å². The molecule has 1 aliphatic rings. The summed E-state index contributed by atoms with van der Waals surface area (Å²) >= 11 is 2.29. The van der Waals surface area contributed by atoms with Gasteiger partial charge in [0.25, 0.3) is 0 Å². The number of nitrogens with zero attached hydrogens (tertiary/aromatic N) is 2. The van der Waals surface area contributed by atoms with Crippen molar-refractivity contribution in [1.82, 2.24) is 15.1 Å². The largest absolute Gasteiger partial charge is 0.438 e. The Morgan fingerprint density at radius 1 is 1.40 bits per heavy atom. The molecule has 3 rings (SSSR count). The van der Waals surface area contributed by atoms with Crippen LogP contribution in [0.15, 0.2) is 24.3 Å². The predicted octanol–water partition coefficient (Wildman–Crippen LogP) is 3.38. The summed E-state index contributed by atoms with van der Waals surface area (Å²) in [4.78, 5) is 0. The highest BCUT2D eigenvalue weighted by molar-refractivity contribution is 14.1. The number of aromatic nitrogens is 2. The highest BCUT2D eigenvalue weighted by Crippen LogP contribution is 2.30. The number of ether oxygens (including phenoxy) is 1. The fourth-order valence-electron chi connectivity index (χ4n) is 2.18.